The van der Waals surface area contributed by atoms with E-state index in [-0.39, 0.29) is 0 Å². The zero-order chi connectivity index (χ0) is 7.72. The van der Waals surface area contributed by atoms with Crippen molar-refractivity contribution in [3.63, 3.8) is 0 Å². The third-order valence-corrected chi connectivity index (χ3v) is 1.78. The molecule has 0 unspecified atom stereocenters. The minimum atomic E-state index is 0.986. The molecule has 2 nitrogen and oxygen atoms in total. The molecule has 0 bridgehead atoms. The van der Waals surface area contributed by atoms with Gasteiger partial charge in [-0.1, -0.05) is 12.7 Å². The monoisotopic (exact) mass is 137 g/mol. The Morgan fingerprint density at radius 1 is 1.40 bits per heavy atom. The van der Waals surface area contributed by atoms with Crippen molar-refractivity contribution in [3.8, 4) is 0 Å². The lowest BCUT2D eigenvalue weighted by molar-refractivity contribution is -0.545. The number of nitrogens with zero attached hydrogens (tertiary/aromatic N) is 1. The molecule has 10 heavy (non-hydrogen) atoms. The fourth-order valence-electron chi connectivity index (χ4n) is 0.858. The molecule has 2 heteroatoms. The molecule has 1 heterocycles. The highest BCUT2D eigenvalue weighted by molar-refractivity contribution is 5.35. The van der Waals surface area contributed by atoms with E-state index in [9.17, 15) is 0 Å². The van der Waals surface area contributed by atoms with Crippen molar-refractivity contribution in [2.75, 3.05) is 0 Å². The van der Waals surface area contributed by atoms with Crippen LogP contribution in [-0.2, 0) is 0 Å². The molecule has 54 valence electrons. The van der Waals surface area contributed by atoms with Gasteiger partial charge in [0, 0.05) is 0 Å². The van der Waals surface area contributed by atoms with E-state index in [1.54, 1.807) is 0 Å². The summed E-state index contributed by atoms with van der Waals surface area (Å²) in [4.78, 5) is 0. The van der Waals surface area contributed by atoms with Gasteiger partial charge in [0.15, 0.2) is 0 Å². The van der Waals surface area contributed by atoms with Crippen molar-refractivity contribution in [1.82, 2.24) is 5.01 Å². The van der Waals surface area contributed by atoms with Crippen LogP contribution in [0.3, 0.4) is 0 Å². The van der Waals surface area contributed by atoms with Gasteiger partial charge in [-0.05, 0) is 25.5 Å². The van der Waals surface area contributed by atoms with E-state index in [0.29, 0.717) is 0 Å². The fourth-order valence-corrected chi connectivity index (χ4v) is 0.858. The van der Waals surface area contributed by atoms with Gasteiger partial charge < -0.3 is 0 Å². The molecule has 0 aliphatic carbocycles. The van der Waals surface area contributed by atoms with Gasteiger partial charge >= 0.3 is 0 Å². The van der Waals surface area contributed by atoms with Crippen molar-refractivity contribution in [2.45, 2.75) is 13.8 Å². The Labute approximate surface area is 61.3 Å². The highest BCUT2D eigenvalue weighted by Gasteiger charge is 2.12. The molecule has 0 radical (unpaired) electrons. The van der Waals surface area contributed by atoms with Gasteiger partial charge in [-0.3, -0.25) is 5.84 Å². The van der Waals surface area contributed by atoms with Crippen LogP contribution in [0.5, 0.6) is 0 Å². The Hall–Kier alpha value is -1.02. The summed E-state index contributed by atoms with van der Waals surface area (Å²) in [7, 11) is 0. The van der Waals surface area contributed by atoms with Crippen LogP contribution in [0.25, 0.3) is 0 Å². The first-order valence-corrected chi connectivity index (χ1v) is 3.28. The minimum absolute atomic E-state index is 0.986. The summed E-state index contributed by atoms with van der Waals surface area (Å²) < 4.78 is 0. The van der Waals surface area contributed by atoms with Crippen LogP contribution in [0.15, 0.2) is 35.7 Å². The Bertz CT molecular complexity index is 221. The summed E-state index contributed by atoms with van der Waals surface area (Å²) in [5, 5.41) is 1.84. The van der Waals surface area contributed by atoms with Crippen LogP contribution in [-0.4, -0.2) is 5.01 Å². The third kappa shape index (κ3) is 0.977. The van der Waals surface area contributed by atoms with E-state index in [1.807, 2.05) is 24.9 Å². The Morgan fingerprint density at radius 2 is 2.00 bits per heavy atom. The lowest BCUT2D eigenvalue weighted by atomic mass is 10.1. The molecule has 1 aliphatic heterocycles. The summed E-state index contributed by atoms with van der Waals surface area (Å²) in [5.74, 6) is 3.83. The minimum Gasteiger partial charge on any atom is -0.251 e. The number of rotatable bonds is 0. The Balaban J connectivity index is 2.97. The van der Waals surface area contributed by atoms with Crippen molar-refractivity contribution in [1.29, 1.82) is 0 Å². The first-order valence-electron chi connectivity index (χ1n) is 3.28. The van der Waals surface area contributed by atoms with Crippen LogP contribution in [0.4, 0.5) is 0 Å². The largest absolute Gasteiger partial charge is 0.251 e. The second-order valence-electron chi connectivity index (χ2n) is 2.53. The third-order valence-electron chi connectivity index (χ3n) is 1.78. The lowest BCUT2D eigenvalue weighted by Crippen LogP contribution is -2.65. The van der Waals surface area contributed by atoms with Crippen LogP contribution in [0.2, 0.25) is 0 Å². The van der Waals surface area contributed by atoms with Crippen LogP contribution in [0, 0.1) is 0 Å². The molecule has 0 amide bonds. The van der Waals surface area contributed by atoms with Gasteiger partial charge in [0.1, 0.15) is 0 Å². The molecule has 0 saturated heterocycles. The maximum Gasteiger partial charge on any atom is 0.0892 e. The molecular weight excluding hydrogens is 124 g/mol. The molecule has 0 aromatic heterocycles. The Morgan fingerprint density at radius 3 is 2.50 bits per heavy atom. The second kappa shape index (κ2) is 2.31. The first-order chi connectivity index (χ1) is 4.63. The van der Waals surface area contributed by atoms with E-state index in [0.717, 1.165) is 11.4 Å². The number of hydrogen-bond acceptors (Lipinski definition) is 1. The van der Waals surface area contributed by atoms with Crippen LogP contribution >= 0.6 is 0 Å². The summed E-state index contributed by atoms with van der Waals surface area (Å²) >= 11 is 0. The van der Waals surface area contributed by atoms with E-state index < -0.39 is 0 Å². The molecule has 1 rings (SSSR count). The molecule has 0 spiro atoms. The summed E-state index contributed by atoms with van der Waals surface area (Å²) in [5.41, 5.74) is 3.30. The van der Waals surface area contributed by atoms with Crippen LogP contribution < -0.4 is 5.84 Å². The first kappa shape index (κ1) is 7.09. The maximum atomic E-state index is 3.88. The van der Waals surface area contributed by atoms with Gasteiger partial charge in [0.25, 0.3) is 0 Å². The summed E-state index contributed by atoms with van der Waals surface area (Å²) in [6.07, 6.45) is 4.09. The van der Waals surface area contributed by atoms with Crippen molar-refractivity contribution >= 4 is 0 Å². The van der Waals surface area contributed by atoms with E-state index in [1.165, 1.54) is 5.57 Å². The smallest absolute Gasteiger partial charge is 0.0892 e. The molecule has 0 fully saturated rings. The summed E-state index contributed by atoms with van der Waals surface area (Å²) in [6, 6.07) is 0. The SMILES string of the molecule is C=C1C(C)=CC=C(C)N1[NH3+]. The molecule has 3 N–H and O–H groups in total. The van der Waals surface area contributed by atoms with Crippen molar-refractivity contribution < 1.29 is 5.84 Å². The van der Waals surface area contributed by atoms with Gasteiger partial charge in [0.05, 0.1) is 11.4 Å². The topological polar surface area (TPSA) is 30.9 Å². The normalized spacial score (nSPS) is 18.7. The number of hydrogen-bond donors (Lipinski definition) is 1. The van der Waals surface area contributed by atoms with Crippen molar-refractivity contribution in [3.05, 3.63) is 35.7 Å². The Kier molecular flexibility index (Phi) is 1.64. The van der Waals surface area contributed by atoms with E-state index in [4.69, 9.17) is 0 Å². The van der Waals surface area contributed by atoms with Gasteiger partial charge in [-0.25, -0.2) is 5.01 Å². The van der Waals surface area contributed by atoms with Gasteiger partial charge in [-0.15, -0.1) is 0 Å². The predicted octanol–water partition coefficient (Wildman–Crippen LogP) is 0.823. The standard InChI is InChI=1S/C8H12N2/c1-6-4-5-7(2)10(9)8(6)3/h4-5H,3,9H2,1-2H3/p+1. The van der Waals surface area contributed by atoms with Gasteiger partial charge in [0.2, 0.25) is 0 Å². The molecule has 0 atom stereocenters. The predicted molar refractivity (Wildman–Crippen MR) is 41.4 cm³/mol. The van der Waals surface area contributed by atoms with E-state index >= 15 is 0 Å². The van der Waals surface area contributed by atoms with Gasteiger partial charge in [-0.2, -0.15) is 0 Å². The zero-order valence-electron chi connectivity index (χ0n) is 6.52. The molecule has 0 saturated carbocycles. The number of quaternary nitrogens is 1. The molecule has 1 aliphatic rings. The molecule has 0 aromatic rings. The highest BCUT2D eigenvalue weighted by atomic mass is 15.4. The quantitative estimate of drug-likeness (QED) is 0.526. The second-order valence-corrected chi connectivity index (χ2v) is 2.53. The average Bonchev–Trinajstić information content (AvgIpc) is 1.93. The zero-order valence-corrected chi connectivity index (χ0v) is 6.52. The molecule has 0 aromatic carbocycles. The highest BCUT2D eigenvalue weighted by Crippen LogP contribution is 2.17. The number of allylic oxidation sites excluding steroid dienone is 4. The lowest BCUT2D eigenvalue weighted by Gasteiger charge is -2.21. The summed E-state index contributed by atoms with van der Waals surface area (Å²) in [6.45, 7) is 7.93. The average molecular weight is 137 g/mol. The molecular formula is C8H13N2+. The van der Waals surface area contributed by atoms with Crippen LogP contribution in [0.1, 0.15) is 13.8 Å². The maximum absolute atomic E-state index is 3.88. The van der Waals surface area contributed by atoms with E-state index in [2.05, 4.69) is 18.5 Å². The van der Waals surface area contributed by atoms with Crippen molar-refractivity contribution in [2.24, 2.45) is 0 Å². The fraction of sp³-hybridized carbons (Fsp3) is 0.250.